The highest BCUT2D eigenvalue weighted by atomic mass is 16.6. The Kier molecular flexibility index (Phi) is 7.11. The highest BCUT2D eigenvalue weighted by molar-refractivity contribution is 5.10. The molecule has 2 saturated carbocycles. The lowest BCUT2D eigenvalue weighted by molar-refractivity contribution is -0.133. The predicted molar refractivity (Wildman–Crippen MR) is 107 cm³/mol. The first-order chi connectivity index (χ1) is 13.4. The average molecular weight is 401 g/mol. The smallest absolute Gasteiger partial charge is 0.118 e. The van der Waals surface area contributed by atoms with Gasteiger partial charge in [-0.05, 0) is 45.4 Å². The topological polar surface area (TPSA) is 55.4 Å². The predicted octanol–water partition coefficient (Wildman–Crippen LogP) is 3.07. The van der Waals surface area contributed by atoms with Gasteiger partial charge < -0.3 is 28.4 Å². The lowest BCUT2D eigenvalue weighted by Crippen LogP contribution is -2.48. The first-order valence-electron chi connectivity index (χ1n) is 10.8. The molecule has 0 N–H and O–H groups in total. The van der Waals surface area contributed by atoms with Gasteiger partial charge in [0.2, 0.25) is 0 Å². The van der Waals surface area contributed by atoms with Gasteiger partial charge in [-0.2, -0.15) is 0 Å². The Morgan fingerprint density at radius 1 is 0.821 bits per heavy atom. The molecular formula is C22H40O6. The maximum atomic E-state index is 6.07. The van der Waals surface area contributed by atoms with Crippen molar-refractivity contribution in [3.8, 4) is 0 Å². The van der Waals surface area contributed by atoms with E-state index in [0.29, 0.717) is 43.2 Å². The van der Waals surface area contributed by atoms with Crippen LogP contribution in [0.15, 0.2) is 0 Å². The molecular weight excluding hydrogens is 360 g/mol. The van der Waals surface area contributed by atoms with Crippen LogP contribution in [0.5, 0.6) is 0 Å². The molecule has 164 valence electrons. The minimum atomic E-state index is -0.174. The molecule has 4 rings (SSSR count). The fourth-order valence-electron chi connectivity index (χ4n) is 6.72. The summed E-state index contributed by atoms with van der Waals surface area (Å²) in [6.45, 7) is 7.89. The summed E-state index contributed by atoms with van der Waals surface area (Å²) in [7, 11) is 7.03. The van der Waals surface area contributed by atoms with Crippen LogP contribution in [0.25, 0.3) is 0 Å². The van der Waals surface area contributed by atoms with E-state index in [1.807, 2.05) is 0 Å². The van der Waals surface area contributed by atoms with E-state index in [-0.39, 0.29) is 23.4 Å². The summed E-state index contributed by atoms with van der Waals surface area (Å²) in [4.78, 5) is 0. The van der Waals surface area contributed by atoms with Gasteiger partial charge in [-0.25, -0.2) is 0 Å². The van der Waals surface area contributed by atoms with Crippen LogP contribution < -0.4 is 0 Å². The Labute approximate surface area is 170 Å². The van der Waals surface area contributed by atoms with E-state index in [1.54, 1.807) is 28.4 Å². The van der Waals surface area contributed by atoms with Crippen LogP contribution in [-0.2, 0) is 28.4 Å². The summed E-state index contributed by atoms with van der Waals surface area (Å²) in [5, 5.41) is 0. The SMILES string of the molecule is COCC12CC(C)C(C(C)O1)C2OC.COCC12CCCC(C(C)O1)C2OC. The Bertz CT molecular complexity index is 487. The van der Waals surface area contributed by atoms with Crippen LogP contribution in [0.2, 0.25) is 0 Å². The van der Waals surface area contributed by atoms with Crippen molar-refractivity contribution in [3.63, 3.8) is 0 Å². The number of hydrogen-bond donors (Lipinski definition) is 0. The maximum absolute atomic E-state index is 6.07. The molecule has 6 nitrogen and oxygen atoms in total. The molecule has 0 aromatic rings. The van der Waals surface area contributed by atoms with Gasteiger partial charge in [-0.3, -0.25) is 0 Å². The van der Waals surface area contributed by atoms with E-state index in [2.05, 4.69) is 20.8 Å². The molecule has 4 aliphatic rings. The third-order valence-corrected chi connectivity index (χ3v) is 7.51. The summed E-state index contributed by atoms with van der Waals surface area (Å²) in [5.41, 5.74) is -0.334. The Hall–Kier alpha value is -0.240. The van der Waals surface area contributed by atoms with E-state index < -0.39 is 0 Å². The molecule has 0 aromatic carbocycles. The van der Waals surface area contributed by atoms with Crippen LogP contribution >= 0.6 is 0 Å². The van der Waals surface area contributed by atoms with Crippen LogP contribution in [0.1, 0.15) is 46.5 Å². The van der Waals surface area contributed by atoms with Crippen molar-refractivity contribution in [2.24, 2.45) is 17.8 Å². The normalized spacial score (nSPS) is 49.2. The zero-order valence-corrected chi connectivity index (χ0v) is 18.7. The summed E-state index contributed by atoms with van der Waals surface area (Å²) >= 11 is 0. The fraction of sp³-hybridized carbons (Fsp3) is 1.00. The number of fused-ring (bicyclic) bond motifs is 4. The number of hydrogen-bond acceptors (Lipinski definition) is 6. The minimum absolute atomic E-state index is 0.161. The first kappa shape index (κ1) is 22.4. The third-order valence-electron chi connectivity index (χ3n) is 7.51. The van der Waals surface area contributed by atoms with Crippen molar-refractivity contribution < 1.29 is 28.4 Å². The zero-order chi connectivity index (χ0) is 20.5. The van der Waals surface area contributed by atoms with Crippen molar-refractivity contribution in [2.45, 2.75) is 82.1 Å². The molecule has 0 aromatic heterocycles. The zero-order valence-electron chi connectivity index (χ0n) is 18.7. The Balaban J connectivity index is 0.000000161. The van der Waals surface area contributed by atoms with Gasteiger partial charge in [0.05, 0.1) is 37.6 Å². The summed E-state index contributed by atoms with van der Waals surface area (Å²) in [6, 6.07) is 0. The van der Waals surface area contributed by atoms with Crippen molar-refractivity contribution in [1.82, 2.24) is 0 Å². The van der Waals surface area contributed by atoms with Crippen LogP contribution in [0.3, 0.4) is 0 Å². The molecule has 2 saturated heterocycles. The molecule has 0 spiro atoms. The largest absolute Gasteiger partial charge is 0.382 e. The van der Waals surface area contributed by atoms with E-state index >= 15 is 0 Å². The molecule has 9 atom stereocenters. The van der Waals surface area contributed by atoms with Gasteiger partial charge in [0.25, 0.3) is 0 Å². The fourth-order valence-corrected chi connectivity index (χ4v) is 6.72. The van der Waals surface area contributed by atoms with Crippen LogP contribution in [-0.4, -0.2) is 77.3 Å². The van der Waals surface area contributed by atoms with Crippen LogP contribution in [0.4, 0.5) is 0 Å². The van der Waals surface area contributed by atoms with E-state index in [4.69, 9.17) is 28.4 Å². The maximum Gasteiger partial charge on any atom is 0.118 e. The van der Waals surface area contributed by atoms with Crippen LogP contribution in [0, 0.1) is 17.8 Å². The first-order valence-corrected chi connectivity index (χ1v) is 10.8. The summed E-state index contributed by atoms with van der Waals surface area (Å²) < 4.78 is 33.8. The number of ether oxygens (including phenoxy) is 6. The van der Waals surface area contributed by atoms with E-state index in [0.717, 1.165) is 12.8 Å². The molecule has 0 amide bonds. The monoisotopic (exact) mass is 400 g/mol. The highest BCUT2D eigenvalue weighted by Gasteiger charge is 2.62. The molecule has 6 heteroatoms. The molecule has 4 fully saturated rings. The number of methoxy groups -OCH3 is 4. The third kappa shape index (κ3) is 3.65. The second-order valence-corrected chi connectivity index (χ2v) is 9.27. The molecule has 2 heterocycles. The van der Waals surface area contributed by atoms with Crippen molar-refractivity contribution in [3.05, 3.63) is 0 Å². The second kappa shape index (κ2) is 8.86. The molecule has 28 heavy (non-hydrogen) atoms. The molecule has 2 aliphatic carbocycles. The van der Waals surface area contributed by atoms with Crippen molar-refractivity contribution >= 4 is 0 Å². The lowest BCUT2D eigenvalue weighted by atomic mass is 9.77. The van der Waals surface area contributed by atoms with Gasteiger partial charge in [0, 0.05) is 40.3 Å². The Morgan fingerprint density at radius 3 is 2.00 bits per heavy atom. The molecule has 9 unspecified atom stereocenters. The molecule has 2 aliphatic heterocycles. The van der Waals surface area contributed by atoms with Gasteiger partial charge in [0.15, 0.2) is 0 Å². The van der Waals surface area contributed by atoms with Gasteiger partial charge in [-0.1, -0.05) is 6.92 Å². The quantitative estimate of drug-likeness (QED) is 0.683. The molecule has 4 bridgehead atoms. The minimum Gasteiger partial charge on any atom is -0.382 e. The average Bonchev–Trinajstić information content (AvgIpc) is 3.13. The summed E-state index contributed by atoms with van der Waals surface area (Å²) in [6.07, 6.45) is 5.66. The van der Waals surface area contributed by atoms with Gasteiger partial charge in [-0.15, -0.1) is 0 Å². The van der Waals surface area contributed by atoms with E-state index in [9.17, 15) is 0 Å². The Morgan fingerprint density at radius 2 is 1.43 bits per heavy atom. The van der Waals surface area contributed by atoms with E-state index in [1.165, 1.54) is 12.8 Å². The highest BCUT2D eigenvalue weighted by Crippen LogP contribution is 2.52. The van der Waals surface area contributed by atoms with Crippen molar-refractivity contribution in [1.29, 1.82) is 0 Å². The van der Waals surface area contributed by atoms with Crippen molar-refractivity contribution in [2.75, 3.05) is 41.7 Å². The van der Waals surface area contributed by atoms with Gasteiger partial charge >= 0.3 is 0 Å². The standard InChI is InChI=1S/2C11H20O3/c1-7-5-11(6-12-3)10(13-4)9(7)8(2)14-11;1-8-9-5-4-6-11(14-8,7-12-2)10(9)13-3/h7-10H,5-6H2,1-4H3;8-10H,4-7H2,1-3H3. The summed E-state index contributed by atoms with van der Waals surface area (Å²) in [5.74, 6) is 1.78. The lowest BCUT2D eigenvalue weighted by Gasteiger charge is -2.37. The van der Waals surface area contributed by atoms with Gasteiger partial charge in [0.1, 0.15) is 11.2 Å². The number of rotatable bonds is 6. The second-order valence-electron chi connectivity index (χ2n) is 9.27. The molecule has 0 radical (unpaired) electrons.